The standard InChI is InChI=1S/C10H10N2O5S2/c11-4-7-1-2-9(18-7)19(16,17)12-5-6(13)3-8(12)10(14)15/h1-2,6,8,13H,3,5H2,(H,14,15)/t6-,8-/m1/s1. The van der Waals surface area contributed by atoms with Gasteiger partial charge in [0, 0.05) is 13.0 Å². The molecule has 2 heterocycles. The first-order valence-electron chi connectivity index (χ1n) is 5.29. The number of carbonyl (C=O) groups is 1. The second-order valence-corrected chi connectivity index (χ2v) is 7.25. The maximum Gasteiger partial charge on any atom is 0.322 e. The third kappa shape index (κ3) is 2.48. The van der Waals surface area contributed by atoms with Gasteiger partial charge in [0.2, 0.25) is 0 Å². The third-order valence-electron chi connectivity index (χ3n) is 2.77. The molecule has 19 heavy (non-hydrogen) atoms. The van der Waals surface area contributed by atoms with Gasteiger partial charge in [0.05, 0.1) is 6.10 Å². The second-order valence-electron chi connectivity index (χ2n) is 4.05. The molecule has 1 fully saturated rings. The summed E-state index contributed by atoms with van der Waals surface area (Å²) in [7, 11) is -4.00. The number of hydrogen-bond donors (Lipinski definition) is 2. The maximum atomic E-state index is 12.3. The van der Waals surface area contributed by atoms with Gasteiger partial charge in [-0.25, -0.2) is 8.42 Å². The average Bonchev–Trinajstić information content (AvgIpc) is 2.94. The number of β-amino-alcohol motifs (C(OH)–C–C–N with tert-alkyl or cyclic N) is 1. The van der Waals surface area contributed by atoms with Gasteiger partial charge in [-0.15, -0.1) is 11.3 Å². The lowest BCUT2D eigenvalue weighted by atomic mass is 10.2. The first-order valence-corrected chi connectivity index (χ1v) is 7.54. The van der Waals surface area contributed by atoms with Crippen LogP contribution in [-0.2, 0) is 14.8 Å². The Morgan fingerprint density at radius 1 is 1.53 bits per heavy atom. The Balaban J connectivity index is 2.39. The highest BCUT2D eigenvalue weighted by Gasteiger charge is 2.44. The van der Waals surface area contributed by atoms with Crippen molar-refractivity contribution in [2.75, 3.05) is 6.54 Å². The van der Waals surface area contributed by atoms with Crippen LogP contribution in [0.1, 0.15) is 11.3 Å². The Kier molecular flexibility index (Phi) is 3.60. The molecule has 0 radical (unpaired) electrons. The summed E-state index contributed by atoms with van der Waals surface area (Å²) < 4.78 is 25.2. The van der Waals surface area contributed by atoms with Crippen molar-refractivity contribution in [3.05, 3.63) is 17.0 Å². The van der Waals surface area contributed by atoms with Crippen molar-refractivity contribution in [3.8, 4) is 6.07 Å². The normalized spacial score (nSPS) is 24.2. The Labute approximate surface area is 113 Å². The summed E-state index contributed by atoms with van der Waals surface area (Å²) in [6.07, 6.45) is -1.13. The van der Waals surface area contributed by atoms with Crippen molar-refractivity contribution in [3.63, 3.8) is 0 Å². The molecule has 2 rings (SSSR count). The molecular formula is C10H10N2O5S2. The summed E-state index contributed by atoms with van der Waals surface area (Å²) in [4.78, 5) is 11.3. The summed E-state index contributed by atoms with van der Waals surface area (Å²) in [5, 5.41) is 27.1. The zero-order chi connectivity index (χ0) is 14.2. The van der Waals surface area contributed by atoms with Crippen LogP contribution in [0.25, 0.3) is 0 Å². The van der Waals surface area contributed by atoms with Crippen LogP contribution in [0, 0.1) is 11.3 Å². The highest BCUT2D eigenvalue weighted by molar-refractivity contribution is 7.91. The van der Waals surface area contributed by atoms with Crippen LogP contribution in [0.5, 0.6) is 0 Å². The van der Waals surface area contributed by atoms with E-state index in [1.807, 2.05) is 6.07 Å². The number of hydrogen-bond acceptors (Lipinski definition) is 6. The Morgan fingerprint density at radius 2 is 2.21 bits per heavy atom. The molecule has 1 aliphatic heterocycles. The van der Waals surface area contributed by atoms with Crippen molar-refractivity contribution < 1.29 is 23.4 Å². The predicted octanol–water partition coefficient (Wildman–Crippen LogP) is -0.172. The summed E-state index contributed by atoms with van der Waals surface area (Å²) >= 11 is 0.776. The minimum atomic E-state index is -4.00. The van der Waals surface area contributed by atoms with E-state index >= 15 is 0 Å². The van der Waals surface area contributed by atoms with E-state index in [4.69, 9.17) is 10.4 Å². The van der Waals surface area contributed by atoms with Gasteiger partial charge in [-0.05, 0) is 12.1 Å². The van der Waals surface area contributed by atoms with Crippen LogP contribution >= 0.6 is 11.3 Å². The van der Waals surface area contributed by atoms with E-state index in [1.54, 1.807) is 0 Å². The summed E-state index contributed by atoms with van der Waals surface area (Å²) in [6.45, 7) is -0.251. The molecule has 102 valence electrons. The molecule has 1 aliphatic rings. The monoisotopic (exact) mass is 302 g/mol. The van der Waals surface area contributed by atoms with Crippen molar-refractivity contribution in [1.82, 2.24) is 4.31 Å². The van der Waals surface area contributed by atoms with Gasteiger partial charge >= 0.3 is 5.97 Å². The molecule has 0 aromatic carbocycles. The molecule has 0 spiro atoms. The number of nitrogens with zero attached hydrogens (tertiary/aromatic N) is 2. The van der Waals surface area contributed by atoms with Crippen LogP contribution in [0.15, 0.2) is 16.3 Å². The maximum absolute atomic E-state index is 12.3. The number of aliphatic hydroxyl groups excluding tert-OH is 1. The molecule has 1 aromatic rings. The molecule has 1 saturated heterocycles. The van der Waals surface area contributed by atoms with E-state index in [9.17, 15) is 18.3 Å². The zero-order valence-corrected chi connectivity index (χ0v) is 11.2. The van der Waals surface area contributed by atoms with Gasteiger partial charge in [-0.3, -0.25) is 4.79 Å². The largest absolute Gasteiger partial charge is 0.480 e. The summed E-state index contributed by atoms with van der Waals surface area (Å²) in [6, 6.07) is 3.18. The van der Waals surface area contributed by atoms with Crippen LogP contribution < -0.4 is 0 Å². The van der Waals surface area contributed by atoms with Crippen LogP contribution in [-0.4, -0.2) is 47.6 Å². The molecule has 0 saturated carbocycles. The molecule has 0 amide bonds. The highest BCUT2D eigenvalue weighted by Crippen LogP contribution is 2.30. The Hall–Kier alpha value is -1.47. The van der Waals surface area contributed by atoms with Crippen molar-refractivity contribution >= 4 is 27.3 Å². The van der Waals surface area contributed by atoms with Crippen molar-refractivity contribution in [2.45, 2.75) is 22.8 Å². The van der Waals surface area contributed by atoms with Crippen LogP contribution in [0.4, 0.5) is 0 Å². The Bertz CT molecular complexity index is 645. The van der Waals surface area contributed by atoms with Crippen LogP contribution in [0.3, 0.4) is 0 Å². The minimum Gasteiger partial charge on any atom is -0.480 e. The van der Waals surface area contributed by atoms with E-state index in [1.165, 1.54) is 12.1 Å². The summed E-state index contributed by atoms with van der Waals surface area (Å²) in [5.41, 5.74) is 0. The highest BCUT2D eigenvalue weighted by atomic mass is 32.2. The van der Waals surface area contributed by atoms with E-state index in [0.717, 1.165) is 15.6 Å². The number of carboxylic acids is 1. The number of aliphatic carboxylic acids is 1. The minimum absolute atomic E-state index is 0.0931. The van der Waals surface area contributed by atoms with Crippen molar-refractivity contribution in [1.29, 1.82) is 5.26 Å². The fraction of sp³-hybridized carbons (Fsp3) is 0.400. The molecule has 1 aromatic heterocycles. The molecular weight excluding hydrogens is 292 g/mol. The molecule has 0 aliphatic carbocycles. The van der Waals surface area contributed by atoms with Gasteiger partial charge in [0.15, 0.2) is 0 Å². The molecule has 7 nitrogen and oxygen atoms in total. The molecule has 2 atom stereocenters. The van der Waals surface area contributed by atoms with E-state index in [0.29, 0.717) is 0 Å². The fourth-order valence-corrected chi connectivity index (χ4v) is 4.77. The zero-order valence-electron chi connectivity index (χ0n) is 9.55. The first-order chi connectivity index (χ1) is 8.86. The first kappa shape index (κ1) is 14.0. The quantitative estimate of drug-likeness (QED) is 0.800. The summed E-state index contributed by atoms with van der Waals surface area (Å²) in [5.74, 6) is -1.29. The van der Waals surface area contributed by atoms with Gasteiger partial charge in [0.1, 0.15) is 21.2 Å². The molecule has 0 unspecified atom stereocenters. The number of rotatable bonds is 3. The molecule has 0 bridgehead atoms. The van der Waals surface area contributed by atoms with Crippen molar-refractivity contribution in [2.24, 2.45) is 0 Å². The smallest absolute Gasteiger partial charge is 0.322 e. The third-order valence-corrected chi connectivity index (χ3v) is 6.11. The fourth-order valence-electron chi connectivity index (χ4n) is 1.91. The number of carboxylic acid groups (broad SMARTS) is 1. The predicted molar refractivity (Wildman–Crippen MR) is 65.0 cm³/mol. The molecule has 9 heteroatoms. The van der Waals surface area contributed by atoms with E-state index in [-0.39, 0.29) is 22.1 Å². The van der Waals surface area contributed by atoms with E-state index in [2.05, 4.69) is 0 Å². The van der Waals surface area contributed by atoms with Gasteiger partial charge in [0.25, 0.3) is 10.0 Å². The Morgan fingerprint density at radius 3 is 2.74 bits per heavy atom. The number of sulfonamides is 1. The van der Waals surface area contributed by atoms with Crippen LogP contribution in [0.2, 0.25) is 0 Å². The lowest BCUT2D eigenvalue weighted by Gasteiger charge is -2.19. The van der Waals surface area contributed by atoms with Gasteiger partial charge < -0.3 is 10.2 Å². The average molecular weight is 302 g/mol. The number of aliphatic hydroxyl groups is 1. The lowest BCUT2D eigenvalue weighted by Crippen LogP contribution is -2.40. The van der Waals surface area contributed by atoms with Gasteiger partial charge in [-0.1, -0.05) is 0 Å². The second kappa shape index (κ2) is 4.90. The SMILES string of the molecule is N#Cc1ccc(S(=O)(=O)N2C[C@H](O)C[C@@H]2C(=O)O)s1. The van der Waals surface area contributed by atoms with E-state index < -0.39 is 28.1 Å². The number of nitriles is 1. The lowest BCUT2D eigenvalue weighted by molar-refractivity contribution is -0.140. The molecule has 2 N–H and O–H groups in total. The number of thiophene rings is 1. The topological polar surface area (TPSA) is 119 Å². The van der Waals surface area contributed by atoms with Gasteiger partial charge in [-0.2, -0.15) is 9.57 Å².